The summed E-state index contributed by atoms with van der Waals surface area (Å²) in [6.45, 7) is 7.36. The van der Waals surface area contributed by atoms with Crippen LogP contribution in [0.5, 0.6) is 0 Å². The topological polar surface area (TPSA) is 80.1 Å². The minimum absolute atomic E-state index is 0.0210. The van der Waals surface area contributed by atoms with E-state index in [2.05, 4.69) is 45.4 Å². The van der Waals surface area contributed by atoms with Crippen LogP contribution in [-0.2, 0) is 0 Å². The molecule has 6 nitrogen and oxygen atoms in total. The molecule has 0 saturated carbocycles. The Labute approximate surface area is 114 Å². The van der Waals surface area contributed by atoms with Gasteiger partial charge in [-0.2, -0.15) is 0 Å². The zero-order chi connectivity index (χ0) is 13.7. The lowest BCUT2D eigenvalue weighted by atomic mass is 10.2. The summed E-state index contributed by atoms with van der Waals surface area (Å²) in [5.41, 5.74) is 0.599. The van der Waals surface area contributed by atoms with Crippen molar-refractivity contribution in [2.24, 2.45) is 0 Å². The summed E-state index contributed by atoms with van der Waals surface area (Å²) in [4.78, 5) is 14.4. The van der Waals surface area contributed by atoms with Gasteiger partial charge in [0.2, 0.25) is 0 Å². The molecule has 0 aromatic carbocycles. The average molecular weight is 317 g/mol. The predicted molar refractivity (Wildman–Crippen MR) is 75.0 cm³/mol. The van der Waals surface area contributed by atoms with E-state index < -0.39 is 4.92 Å². The van der Waals surface area contributed by atoms with Crippen LogP contribution in [0.15, 0.2) is 10.7 Å². The Morgan fingerprint density at radius 2 is 2.17 bits per heavy atom. The second-order valence-electron chi connectivity index (χ2n) is 4.22. The van der Waals surface area contributed by atoms with Gasteiger partial charge in [-0.15, -0.1) is 0 Å². The van der Waals surface area contributed by atoms with Crippen molar-refractivity contribution in [2.75, 3.05) is 18.4 Å². The summed E-state index contributed by atoms with van der Waals surface area (Å²) in [6.07, 6.45) is 1.28. The van der Waals surface area contributed by atoms with E-state index in [1.807, 2.05) is 0 Å². The molecule has 0 aliphatic rings. The number of nitrogens with one attached hydrogen (secondary N) is 2. The van der Waals surface area contributed by atoms with Gasteiger partial charge in [0.05, 0.1) is 9.40 Å². The van der Waals surface area contributed by atoms with E-state index in [0.717, 1.165) is 6.54 Å². The molecule has 1 heterocycles. The van der Waals surface area contributed by atoms with Crippen LogP contribution in [0.25, 0.3) is 0 Å². The number of pyridine rings is 1. The number of aromatic nitrogens is 1. The fourth-order valence-corrected chi connectivity index (χ4v) is 1.86. The van der Waals surface area contributed by atoms with Gasteiger partial charge in [0, 0.05) is 24.7 Å². The molecule has 0 amide bonds. The van der Waals surface area contributed by atoms with Crippen LogP contribution in [0, 0.1) is 17.0 Å². The van der Waals surface area contributed by atoms with E-state index in [-0.39, 0.29) is 5.69 Å². The zero-order valence-corrected chi connectivity index (χ0v) is 12.2. The highest BCUT2D eigenvalue weighted by Crippen LogP contribution is 2.30. The molecule has 100 valence electrons. The number of rotatable bonds is 6. The third-order valence-corrected chi connectivity index (χ3v) is 3.37. The van der Waals surface area contributed by atoms with E-state index >= 15 is 0 Å². The Morgan fingerprint density at radius 1 is 1.50 bits per heavy atom. The van der Waals surface area contributed by atoms with Crippen LogP contribution in [0.3, 0.4) is 0 Å². The molecule has 0 spiro atoms. The van der Waals surface area contributed by atoms with Crippen molar-refractivity contribution in [2.45, 2.75) is 26.8 Å². The smallest absolute Gasteiger partial charge is 0.291 e. The molecule has 0 radical (unpaired) electrons. The Kier molecular flexibility index (Phi) is 5.49. The maximum atomic E-state index is 10.7. The first kappa shape index (κ1) is 14.8. The first-order valence-electron chi connectivity index (χ1n) is 5.70. The van der Waals surface area contributed by atoms with Gasteiger partial charge in [-0.05, 0) is 22.9 Å². The van der Waals surface area contributed by atoms with E-state index in [0.29, 0.717) is 28.4 Å². The molecular formula is C11H17BrN4O2. The van der Waals surface area contributed by atoms with Gasteiger partial charge in [0.25, 0.3) is 5.69 Å². The monoisotopic (exact) mass is 316 g/mol. The molecule has 1 aromatic rings. The number of halogens is 1. The lowest BCUT2D eigenvalue weighted by Gasteiger charge is -2.11. The average Bonchev–Trinajstić information content (AvgIpc) is 2.29. The Balaban J connectivity index is 2.68. The van der Waals surface area contributed by atoms with Crippen LogP contribution in [0.2, 0.25) is 0 Å². The molecule has 0 bridgehead atoms. The van der Waals surface area contributed by atoms with E-state index in [1.165, 1.54) is 6.20 Å². The number of nitrogens with zero attached hydrogens (tertiary/aromatic N) is 2. The molecule has 0 aliphatic carbocycles. The van der Waals surface area contributed by atoms with Crippen LogP contribution in [0.1, 0.15) is 19.4 Å². The van der Waals surface area contributed by atoms with Gasteiger partial charge in [-0.1, -0.05) is 13.8 Å². The van der Waals surface area contributed by atoms with Crippen molar-refractivity contribution < 1.29 is 4.92 Å². The Morgan fingerprint density at radius 3 is 2.72 bits per heavy atom. The van der Waals surface area contributed by atoms with Gasteiger partial charge in [-0.25, -0.2) is 4.98 Å². The lowest BCUT2D eigenvalue weighted by Crippen LogP contribution is -2.28. The summed E-state index contributed by atoms with van der Waals surface area (Å²) < 4.78 is 0.640. The van der Waals surface area contributed by atoms with Crippen molar-refractivity contribution in [3.63, 3.8) is 0 Å². The molecule has 0 saturated heterocycles. The summed E-state index contributed by atoms with van der Waals surface area (Å²) >= 11 is 3.33. The third kappa shape index (κ3) is 3.92. The van der Waals surface area contributed by atoms with Gasteiger partial charge in [0.15, 0.2) is 0 Å². The molecule has 18 heavy (non-hydrogen) atoms. The van der Waals surface area contributed by atoms with Crippen molar-refractivity contribution in [1.82, 2.24) is 10.3 Å². The minimum atomic E-state index is -0.433. The number of anilines is 1. The second kappa shape index (κ2) is 6.65. The van der Waals surface area contributed by atoms with Crippen molar-refractivity contribution in [3.8, 4) is 0 Å². The molecule has 0 fully saturated rings. The van der Waals surface area contributed by atoms with Crippen LogP contribution < -0.4 is 10.6 Å². The van der Waals surface area contributed by atoms with Gasteiger partial charge >= 0.3 is 0 Å². The van der Waals surface area contributed by atoms with Crippen molar-refractivity contribution in [3.05, 3.63) is 26.3 Å². The number of hydrogen-bond donors (Lipinski definition) is 2. The predicted octanol–water partition coefficient (Wildman–Crippen LogP) is 2.47. The largest absolute Gasteiger partial charge is 0.368 e. The molecule has 2 N–H and O–H groups in total. The molecule has 0 unspecified atom stereocenters. The maximum absolute atomic E-state index is 10.7. The maximum Gasteiger partial charge on any atom is 0.291 e. The molecular weight excluding hydrogens is 300 g/mol. The molecule has 0 aliphatic heterocycles. The SMILES string of the molecule is Cc1c([N+](=O)[O-])cnc(NCCNC(C)C)c1Br. The Hall–Kier alpha value is -1.21. The second-order valence-corrected chi connectivity index (χ2v) is 5.02. The number of hydrogen-bond acceptors (Lipinski definition) is 5. The standard InChI is InChI=1S/C11H17BrN4O2/c1-7(2)13-4-5-14-11-10(12)8(3)9(6-15-11)16(17)18/h6-7,13H,4-5H2,1-3H3,(H,14,15). The summed E-state index contributed by atoms with van der Waals surface area (Å²) in [7, 11) is 0. The Bertz CT molecular complexity index is 437. The highest BCUT2D eigenvalue weighted by atomic mass is 79.9. The molecule has 7 heteroatoms. The van der Waals surface area contributed by atoms with Crippen molar-refractivity contribution >= 4 is 27.4 Å². The fraction of sp³-hybridized carbons (Fsp3) is 0.545. The normalized spacial score (nSPS) is 10.7. The summed E-state index contributed by atoms with van der Waals surface area (Å²) in [5, 5.41) is 17.1. The van der Waals surface area contributed by atoms with Gasteiger partial charge in [0.1, 0.15) is 12.0 Å². The highest BCUT2D eigenvalue weighted by molar-refractivity contribution is 9.10. The first-order valence-corrected chi connectivity index (χ1v) is 6.49. The van der Waals surface area contributed by atoms with Crippen LogP contribution in [0.4, 0.5) is 11.5 Å². The first-order chi connectivity index (χ1) is 8.43. The van der Waals surface area contributed by atoms with E-state index in [1.54, 1.807) is 6.92 Å². The van der Waals surface area contributed by atoms with Gasteiger partial charge in [-0.3, -0.25) is 10.1 Å². The van der Waals surface area contributed by atoms with E-state index in [9.17, 15) is 10.1 Å². The summed E-state index contributed by atoms with van der Waals surface area (Å²) in [5.74, 6) is 0.628. The minimum Gasteiger partial charge on any atom is -0.368 e. The highest BCUT2D eigenvalue weighted by Gasteiger charge is 2.16. The molecule has 1 rings (SSSR count). The zero-order valence-electron chi connectivity index (χ0n) is 10.7. The fourth-order valence-electron chi connectivity index (χ4n) is 1.42. The van der Waals surface area contributed by atoms with Crippen molar-refractivity contribution in [1.29, 1.82) is 0 Å². The summed E-state index contributed by atoms with van der Waals surface area (Å²) in [6, 6.07) is 0.432. The molecule has 0 atom stereocenters. The quantitative estimate of drug-likeness (QED) is 0.479. The molecule has 1 aromatic heterocycles. The van der Waals surface area contributed by atoms with E-state index in [4.69, 9.17) is 0 Å². The van der Waals surface area contributed by atoms with Crippen LogP contribution in [-0.4, -0.2) is 29.0 Å². The number of nitro groups is 1. The lowest BCUT2D eigenvalue weighted by molar-refractivity contribution is -0.385. The van der Waals surface area contributed by atoms with Crippen LogP contribution >= 0.6 is 15.9 Å². The third-order valence-electron chi connectivity index (χ3n) is 2.40. The van der Waals surface area contributed by atoms with Gasteiger partial charge < -0.3 is 10.6 Å².